The minimum Gasteiger partial charge on any atom is -0.497 e. The summed E-state index contributed by atoms with van der Waals surface area (Å²) < 4.78 is 10.8. The first-order valence-electron chi connectivity index (χ1n) is 8.71. The fraction of sp³-hybridized carbons (Fsp3) is 0.333. The van der Waals surface area contributed by atoms with Crippen LogP contribution in [0.3, 0.4) is 0 Å². The Bertz CT molecular complexity index is 730. The Morgan fingerprint density at radius 3 is 2.54 bits per heavy atom. The number of ether oxygens (including phenoxy) is 2. The molecule has 0 saturated carbocycles. The minimum absolute atomic E-state index is 0.216. The van der Waals surface area contributed by atoms with Gasteiger partial charge in [0.15, 0.2) is 12.4 Å². The molecule has 0 spiro atoms. The molecule has 2 aromatic carbocycles. The Morgan fingerprint density at radius 2 is 1.92 bits per heavy atom. The van der Waals surface area contributed by atoms with Gasteiger partial charge in [-0.1, -0.05) is 37.3 Å². The van der Waals surface area contributed by atoms with Gasteiger partial charge in [-0.15, -0.1) is 0 Å². The van der Waals surface area contributed by atoms with Crippen LogP contribution >= 0.6 is 0 Å². The predicted molar refractivity (Wildman–Crippen MR) is 101 cm³/mol. The first kappa shape index (κ1) is 19.5. The van der Waals surface area contributed by atoms with Gasteiger partial charge in [0.25, 0.3) is 5.91 Å². The van der Waals surface area contributed by atoms with Gasteiger partial charge in [-0.3, -0.25) is 9.59 Å². The molecule has 0 bridgehead atoms. The monoisotopic (exact) mass is 355 g/mol. The summed E-state index contributed by atoms with van der Waals surface area (Å²) in [5, 5.41) is 2.94. The van der Waals surface area contributed by atoms with Crippen molar-refractivity contribution in [1.82, 2.24) is 5.32 Å². The lowest BCUT2D eigenvalue weighted by Gasteiger charge is -2.19. The lowest BCUT2D eigenvalue weighted by molar-refractivity contribution is -0.127. The second-order valence-electron chi connectivity index (χ2n) is 6.04. The number of amides is 1. The second-order valence-corrected chi connectivity index (χ2v) is 6.04. The Morgan fingerprint density at radius 1 is 1.19 bits per heavy atom. The highest BCUT2D eigenvalue weighted by molar-refractivity contribution is 5.83. The largest absolute Gasteiger partial charge is 0.497 e. The average Bonchev–Trinajstić information content (AvgIpc) is 2.69. The number of rotatable bonds is 9. The first-order chi connectivity index (χ1) is 12.6. The summed E-state index contributed by atoms with van der Waals surface area (Å²) in [7, 11) is 1.53. The molecule has 2 atom stereocenters. The van der Waals surface area contributed by atoms with E-state index in [1.54, 1.807) is 25.1 Å². The molecule has 0 aliphatic rings. The second kappa shape index (κ2) is 9.61. The zero-order valence-electron chi connectivity index (χ0n) is 15.4. The van der Waals surface area contributed by atoms with Crippen LogP contribution in [-0.2, 0) is 4.79 Å². The molecule has 0 fully saturated rings. The molecule has 1 amide bonds. The van der Waals surface area contributed by atoms with E-state index in [0.717, 1.165) is 6.42 Å². The third kappa shape index (κ3) is 5.09. The smallest absolute Gasteiger partial charge is 0.260 e. The van der Waals surface area contributed by atoms with Crippen molar-refractivity contribution in [3.05, 3.63) is 59.7 Å². The van der Waals surface area contributed by atoms with Crippen LogP contribution in [0, 0.1) is 0 Å². The van der Waals surface area contributed by atoms with E-state index in [0.29, 0.717) is 29.9 Å². The molecule has 0 aliphatic heterocycles. The summed E-state index contributed by atoms with van der Waals surface area (Å²) in [6, 6.07) is 15.0. The standard InChI is InChI=1S/C21H25NO4/c1-4-16(17-8-6-5-7-9-17)13-22-21(24)15(2)26-20-11-10-19(25-3)12-18(20)14-23/h5-12,14-16H,4,13H2,1-3H3,(H,22,24)/t15-,16+/m1/s1. The Balaban J connectivity index is 1.96. The highest BCUT2D eigenvalue weighted by Gasteiger charge is 2.18. The van der Waals surface area contributed by atoms with Crippen LogP contribution in [0.15, 0.2) is 48.5 Å². The minimum atomic E-state index is -0.713. The van der Waals surface area contributed by atoms with Gasteiger partial charge in [-0.25, -0.2) is 0 Å². The van der Waals surface area contributed by atoms with E-state index in [-0.39, 0.29) is 11.8 Å². The average molecular weight is 355 g/mol. The Kier molecular flexibility index (Phi) is 7.21. The molecule has 2 rings (SSSR count). The normalized spacial score (nSPS) is 12.7. The molecule has 138 valence electrons. The molecule has 2 aromatic rings. The fourth-order valence-electron chi connectivity index (χ4n) is 2.69. The van der Waals surface area contributed by atoms with Gasteiger partial charge in [-0.2, -0.15) is 0 Å². The van der Waals surface area contributed by atoms with Crippen LogP contribution in [0.5, 0.6) is 11.5 Å². The fourth-order valence-corrected chi connectivity index (χ4v) is 2.69. The van der Waals surface area contributed by atoms with Crippen molar-refractivity contribution >= 4 is 12.2 Å². The maximum Gasteiger partial charge on any atom is 0.260 e. The van der Waals surface area contributed by atoms with Gasteiger partial charge < -0.3 is 14.8 Å². The molecule has 0 aliphatic carbocycles. The van der Waals surface area contributed by atoms with E-state index >= 15 is 0 Å². The zero-order valence-corrected chi connectivity index (χ0v) is 15.4. The van der Waals surface area contributed by atoms with Crippen LogP contribution in [0.1, 0.15) is 42.1 Å². The zero-order chi connectivity index (χ0) is 18.9. The van der Waals surface area contributed by atoms with E-state index < -0.39 is 6.10 Å². The first-order valence-corrected chi connectivity index (χ1v) is 8.71. The molecule has 1 N–H and O–H groups in total. The molecule has 5 nitrogen and oxygen atoms in total. The van der Waals surface area contributed by atoms with Crippen molar-refractivity contribution in [3.8, 4) is 11.5 Å². The van der Waals surface area contributed by atoms with Crippen molar-refractivity contribution in [2.75, 3.05) is 13.7 Å². The molecule has 0 unspecified atom stereocenters. The van der Waals surface area contributed by atoms with Crippen molar-refractivity contribution < 1.29 is 19.1 Å². The van der Waals surface area contributed by atoms with E-state index in [1.165, 1.54) is 12.7 Å². The lowest BCUT2D eigenvalue weighted by atomic mass is 9.96. The summed E-state index contributed by atoms with van der Waals surface area (Å²) in [5.41, 5.74) is 1.54. The van der Waals surface area contributed by atoms with E-state index in [2.05, 4.69) is 24.4 Å². The number of benzene rings is 2. The molecule has 0 radical (unpaired) electrons. The van der Waals surface area contributed by atoms with Crippen LogP contribution in [-0.4, -0.2) is 32.0 Å². The van der Waals surface area contributed by atoms with Crippen molar-refractivity contribution in [3.63, 3.8) is 0 Å². The number of methoxy groups -OCH3 is 1. The van der Waals surface area contributed by atoms with Crippen LogP contribution < -0.4 is 14.8 Å². The SMILES string of the molecule is CC[C@@H](CNC(=O)[C@@H](C)Oc1ccc(OC)cc1C=O)c1ccccc1. The Labute approximate surface area is 154 Å². The Hall–Kier alpha value is -2.82. The summed E-state index contributed by atoms with van der Waals surface area (Å²) in [4.78, 5) is 23.6. The molecular formula is C21H25NO4. The van der Waals surface area contributed by atoms with Gasteiger partial charge in [0.05, 0.1) is 12.7 Å². The number of hydrogen-bond acceptors (Lipinski definition) is 4. The summed E-state index contributed by atoms with van der Waals surface area (Å²) in [5.74, 6) is 0.953. The van der Waals surface area contributed by atoms with Crippen LogP contribution in [0.4, 0.5) is 0 Å². The number of hydrogen-bond donors (Lipinski definition) is 1. The van der Waals surface area contributed by atoms with Gasteiger partial charge >= 0.3 is 0 Å². The van der Waals surface area contributed by atoms with Gasteiger partial charge in [0.2, 0.25) is 0 Å². The number of nitrogens with one attached hydrogen (secondary N) is 1. The molecule has 5 heteroatoms. The number of aldehydes is 1. The topological polar surface area (TPSA) is 64.6 Å². The molecule has 0 heterocycles. The quantitative estimate of drug-likeness (QED) is 0.698. The van der Waals surface area contributed by atoms with Crippen LogP contribution in [0.2, 0.25) is 0 Å². The molecule has 0 aromatic heterocycles. The van der Waals surface area contributed by atoms with Gasteiger partial charge in [0.1, 0.15) is 11.5 Å². The third-order valence-electron chi connectivity index (χ3n) is 4.30. The van der Waals surface area contributed by atoms with Crippen molar-refractivity contribution in [1.29, 1.82) is 0 Å². The van der Waals surface area contributed by atoms with Crippen molar-refractivity contribution in [2.24, 2.45) is 0 Å². The summed E-state index contributed by atoms with van der Waals surface area (Å²) >= 11 is 0. The summed E-state index contributed by atoms with van der Waals surface area (Å²) in [6.07, 6.45) is 0.897. The highest BCUT2D eigenvalue weighted by Crippen LogP contribution is 2.24. The maximum absolute atomic E-state index is 12.4. The lowest BCUT2D eigenvalue weighted by Crippen LogP contribution is -2.38. The molecule has 0 saturated heterocycles. The van der Waals surface area contributed by atoms with Crippen molar-refractivity contribution in [2.45, 2.75) is 32.3 Å². The predicted octanol–water partition coefficient (Wildman–Crippen LogP) is 3.59. The van der Waals surface area contributed by atoms with E-state index in [4.69, 9.17) is 9.47 Å². The maximum atomic E-state index is 12.4. The molecule has 26 heavy (non-hydrogen) atoms. The number of carbonyl (C=O) groups is 2. The van der Waals surface area contributed by atoms with E-state index in [9.17, 15) is 9.59 Å². The molecular weight excluding hydrogens is 330 g/mol. The van der Waals surface area contributed by atoms with E-state index in [1.807, 2.05) is 18.2 Å². The highest BCUT2D eigenvalue weighted by atomic mass is 16.5. The third-order valence-corrected chi connectivity index (χ3v) is 4.30. The summed E-state index contributed by atoms with van der Waals surface area (Å²) in [6.45, 7) is 4.30. The number of carbonyl (C=O) groups excluding carboxylic acids is 2. The van der Waals surface area contributed by atoms with Gasteiger partial charge in [-0.05, 0) is 37.1 Å². The van der Waals surface area contributed by atoms with Gasteiger partial charge in [0, 0.05) is 12.5 Å². The van der Waals surface area contributed by atoms with Crippen LogP contribution in [0.25, 0.3) is 0 Å².